The van der Waals surface area contributed by atoms with Gasteiger partial charge in [0.05, 0.1) is 14.5 Å². The topological polar surface area (TPSA) is 26.3 Å². The average molecular weight is 148 g/mol. The summed E-state index contributed by atoms with van der Waals surface area (Å²) in [6, 6.07) is 0. The van der Waals surface area contributed by atoms with Gasteiger partial charge in [-0.1, -0.05) is 0 Å². The fraction of sp³-hybridized carbons (Fsp3) is 0.800. The molecule has 2 nitrogen and oxygen atoms in total. The fourth-order valence-corrected chi connectivity index (χ4v) is 0.320. The maximum absolute atomic E-state index is 12.1. The van der Waals surface area contributed by atoms with Crippen LogP contribution in [-0.4, -0.2) is 26.3 Å². The van der Waals surface area contributed by atoms with E-state index in [4.69, 9.17) is 0 Å². The third kappa shape index (κ3) is 2.33. The summed E-state index contributed by atoms with van der Waals surface area (Å²) in [5, 5.41) is 0. The zero-order valence-corrected chi connectivity index (χ0v) is 5.56. The van der Waals surface area contributed by atoms with E-state index in [1.165, 1.54) is 6.92 Å². The summed E-state index contributed by atoms with van der Waals surface area (Å²) in [5.41, 5.74) is 0. The van der Waals surface area contributed by atoms with Crippen LogP contribution in [0.4, 0.5) is 8.78 Å². The van der Waals surface area contributed by atoms with Crippen molar-refractivity contribution < 1.29 is 18.3 Å². The van der Waals surface area contributed by atoms with Gasteiger partial charge in [0.15, 0.2) is 0 Å². The predicted molar refractivity (Wildman–Crippen MR) is 32.1 cm³/mol. The molecule has 0 atom stereocenters. The van der Waals surface area contributed by atoms with Crippen LogP contribution in [0.15, 0.2) is 0 Å². The van der Waals surface area contributed by atoms with Crippen LogP contribution in [0, 0.1) is 0 Å². The van der Waals surface area contributed by atoms with E-state index in [1.807, 2.05) is 0 Å². The van der Waals surface area contributed by atoms with E-state index in [1.54, 1.807) is 0 Å². The van der Waals surface area contributed by atoms with Gasteiger partial charge in [0, 0.05) is 0 Å². The molecule has 0 saturated heterocycles. The molecule has 0 aliphatic heterocycles. The number of carbonyl (C=O) groups excluding carboxylic acids is 1. The molecule has 0 N–H and O–H groups in total. The highest BCUT2D eigenvalue weighted by atomic mass is 19.3. The van der Waals surface area contributed by atoms with Crippen LogP contribution in [0.2, 0.25) is 6.32 Å². The number of alkyl halides is 2. The Morgan fingerprint density at radius 2 is 2.20 bits per heavy atom. The Morgan fingerprint density at radius 1 is 1.70 bits per heavy atom. The summed E-state index contributed by atoms with van der Waals surface area (Å²) in [6.45, 7) is 1.39. The normalized spacial score (nSPS) is 11.1. The van der Waals surface area contributed by atoms with Crippen molar-refractivity contribution in [1.29, 1.82) is 0 Å². The van der Waals surface area contributed by atoms with Gasteiger partial charge in [-0.2, -0.15) is 8.78 Å². The second-order valence-electron chi connectivity index (χ2n) is 1.63. The van der Waals surface area contributed by atoms with Gasteiger partial charge in [0.2, 0.25) is 0 Å². The van der Waals surface area contributed by atoms with Gasteiger partial charge in [-0.25, -0.2) is 4.79 Å². The van der Waals surface area contributed by atoms with Crippen LogP contribution < -0.4 is 0 Å². The Morgan fingerprint density at radius 3 is 2.50 bits per heavy atom. The minimum Gasteiger partial charge on any atom is -0.462 e. The lowest BCUT2D eigenvalue weighted by Gasteiger charge is -2.11. The summed E-state index contributed by atoms with van der Waals surface area (Å²) >= 11 is 0. The maximum Gasteiger partial charge on any atom is 0.376 e. The predicted octanol–water partition coefficient (Wildman–Crippen LogP) is 0.772. The molecular weight excluding hydrogens is 141 g/mol. The average Bonchev–Trinajstić information content (AvgIpc) is 1.89. The Kier molecular flexibility index (Phi) is 3.32. The molecule has 0 aliphatic rings. The lowest BCUT2D eigenvalue weighted by atomic mass is 9.99. The van der Waals surface area contributed by atoms with Crippen LogP contribution in [0.25, 0.3) is 0 Å². The van der Waals surface area contributed by atoms with Crippen molar-refractivity contribution in [3.8, 4) is 0 Å². The highest BCUT2D eigenvalue weighted by Crippen LogP contribution is 2.18. The van der Waals surface area contributed by atoms with Gasteiger partial charge < -0.3 is 4.74 Å². The van der Waals surface area contributed by atoms with E-state index in [0.29, 0.717) is 0 Å². The Hall–Kier alpha value is -0.605. The molecule has 10 heavy (non-hydrogen) atoms. The van der Waals surface area contributed by atoms with Crippen molar-refractivity contribution in [3.63, 3.8) is 0 Å². The molecule has 0 bridgehead atoms. The molecule has 0 heterocycles. The molecule has 5 heteroatoms. The van der Waals surface area contributed by atoms with Crippen molar-refractivity contribution in [3.05, 3.63) is 0 Å². The zero-order chi connectivity index (χ0) is 8.20. The highest BCUT2D eigenvalue weighted by molar-refractivity contribution is 6.11. The molecule has 56 valence electrons. The molecule has 0 aromatic heterocycles. The summed E-state index contributed by atoms with van der Waals surface area (Å²) in [4.78, 5) is 10.2. The smallest absolute Gasteiger partial charge is 0.376 e. The maximum atomic E-state index is 12.1. The summed E-state index contributed by atoms with van der Waals surface area (Å²) < 4.78 is 28.3. The molecule has 0 amide bonds. The van der Waals surface area contributed by atoms with E-state index >= 15 is 0 Å². The summed E-state index contributed by atoms with van der Waals surface area (Å²) in [6.07, 6.45) is -1.01. The third-order valence-electron chi connectivity index (χ3n) is 0.830. The van der Waals surface area contributed by atoms with Crippen molar-refractivity contribution in [2.45, 2.75) is 19.2 Å². The van der Waals surface area contributed by atoms with Crippen molar-refractivity contribution >= 4 is 13.8 Å². The molecule has 0 unspecified atom stereocenters. The molecule has 0 aliphatic carbocycles. The number of halogens is 2. The first-order chi connectivity index (χ1) is 4.54. The Labute approximate surface area is 59.0 Å². The lowest BCUT2D eigenvalue weighted by molar-refractivity contribution is -0.168. The van der Waals surface area contributed by atoms with E-state index in [9.17, 15) is 13.6 Å². The SMILES string of the molecule is [B]CC(F)(F)C(=O)OCC. The minimum absolute atomic E-state index is 0.0611. The highest BCUT2D eigenvalue weighted by Gasteiger charge is 2.37. The molecule has 0 rings (SSSR count). The van der Waals surface area contributed by atoms with E-state index < -0.39 is 18.2 Å². The van der Waals surface area contributed by atoms with Gasteiger partial charge in [0.25, 0.3) is 0 Å². The van der Waals surface area contributed by atoms with Crippen LogP contribution in [0.5, 0.6) is 0 Å². The first kappa shape index (κ1) is 9.39. The fourth-order valence-electron chi connectivity index (χ4n) is 0.320. The number of hydrogen-bond acceptors (Lipinski definition) is 2. The van der Waals surface area contributed by atoms with Gasteiger partial charge in [0.1, 0.15) is 0 Å². The molecule has 0 aromatic carbocycles. The van der Waals surface area contributed by atoms with Crippen LogP contribution in [0.1, 0.15) is 6.92 Å². The van der Waals surface area contributed by atoms with E-state index in [-0.39, 0.29) is 6.61 Å². The Balaban J connectivity index is 3.91. The quantitative estimate of drug-likeness (QED) is 0.436. The van der Waals surface area contributed by atoms with Crippen molar-refractivity contribution in [2.75, 3.05) is 6.61 Å². The van der Waals surface area contributed by atoms with E-state index in [0.717, 1.165) is 0 Å². The number of hydrogen-bond donors (Lipinski definition) is 0. The largest absolute Gasteiger partial charge is 0.462 e. The standard InChI is InChI=1S/C5H7BF2O2/c1-2-10-4(9)5(7,8)3-6/h2-3H2,1H3. The molecular formula is C5H7BF2O2. The number of carbonyl (C=O) groups is 1. The van der Waals surface area contributed by atoms with E-state index in [2.05, 4.69) is 12.6 Å². The van der Waals surface area contributed by atoms with Crippen molar-refractivity contribution in [2.24, 2.45) is 0 Å². The molecule has 0 spiro atoms. The zero-order valence-electron chi connectivity index (χ0n) is 5.56. The summed E-state index contributed by atoms with van der Waals surface area (Å²) in [5.74, 6) is -5.09. The third-order valence-corrected chi connectivity index (χ3v) is 0.830. The summed E-state index contributed by atoms with van der Waals surface area (Å²) in [7, 11) is 4.59. The molecule has 2 radical (unpaired) electrons. The first-order valence-corrected chi connectivity index (χ1v) is 2.79. The number of rotatable bonds is 3. The van der Waals surface area contributed by atoms with Gasteiger partial charge in [-0.15, -0.1) is 0 Å². The first-order valence-electron chi connectivity index (χ1n) is 2.79. The van der Waals surface area contributed by atoms with Crippen LogP contribution in [-0.2, 0) is 9.53 Å². The molecule has 0 aromatic rings. The molecule has 0 saturated carbocycles. The Bertz CT molecular complexity index is 127. The van der Waals surface area contributed by atoms with Gasteiger partial charge in [-0.05, 0) is 13.2 Å². The lowest BCUT2D eigenvalue weighted by Crippen LogP contribution is -2.30. The van der Waals surface area contributed by atoms with Crippen LogP contribution >= 0.6 is 0 Å². The second-order valence-corrected chi connectivity index (χ2v) is 1.63. The second kappa shape index (κ2) is 3.54. The van der Waals surface area contributed by atoms with Gasteiger partial charge in [-0.3, -0.25) is 0 Å². The minimum atomic E-state index is -3.53. The monoisotopic (exact) mass is 148 g/mol. The number of ether oxygens (including phenoxy) is 1. The van der Waals surface area contributed by atoms with Gasteiger partial charge >= 0.3 is 11.9 Å². The van der Waals surface area contributed by atoms with Crippen LogP contribution in [0.3, 0.4) is 0 Å². The molecule has 0 fully saturated rings. The number of esters is 1. The van der Waals surface area contributed by atoms with Crippen molar-refractivity contribution in [1.82, 2.24) is 0 Å².